The summed E-state index contributed by atoms with van der Waals surface area (Å²) < 4.78 is 11.0. The van der Waals surface area contributed by atoms with E-state index in [1.54, 1.807) is 0 Å². The second-order valence-corrected chi connectivity index (χ2v) is 9.76. The van der Waals surface area contributed by atoms with E-state index in [2.05, 4.69) is 0 Å². The van der Waals surface area contributed by atoms with E-state index in [0.717, 1.165) is 12.2 Å². The number of methoxy groups -OCH3 is 2. The first-order valence-electron chi connectivity index (χ1n) is 9.18. The van der Waals surface area contributed by atoms with Gasteiger partial charge >= 0.3 is 0 Å². The highest BCUT2D eigenvalue weighted by atomic mass is 127. The lowest BCUT2D eigenvalue weighted by Gasteiger charge is -2.32. The minimum Gasteiger partial charge on any atom is -0.507 e. The Morgan fingerprint density at radius 1 is 0.875 bits per heavy atom. The summed E-state index contributed by atoms with van der Waals surface area (Å²) in [6, 6.07) is 1.52. The Morgan fingerprint density at radius 3 is 2.12 bits per heavy atom. The number of aliphatic hydroxyl groups excluding tert-OH is 2. The minimum absolute atomic E-state index is 0.0187. The van der Waals surface area contributed by atoms with Crippen LogP contribution in [0.25, 0.3) is 11.3 Å². The van der Waals surface area contributed by atoms with Gasteiger partial charge in [0.05, 0.1) is 19.8 Å². The minimum atomic E-state index is -0.873. The molecule has 1 aromatic rings. The molecule has 1 aromatic carbocycles. The Balaban J connectivity index is 2.18. The van der Waals surface area contributed by atoms with E-state index in [1.807, 2.05) is 45.2 Å². The van der Waals surface area contributed by atoms with Crippen LogP contribution in [0.15, 0.2) is 40.9 Å². The Morgan fingerprint density at radius 2 is 1.50 bits per heavy atom. The standard InChI is InChI=1S/C22H14I2O8/c1-31-13-3-7(23)15-17(9(25)5-11(27)21(15)29)19(13)20-14(32-2)4-8(24)16-18(20)10(26)6-12(28)22(16)30/h3,5-6,8,25-26H,4H2,1-2H3/t8-/m1/s1. The third kappa shape index (κ3) is 3.22. The molecule has 3 aliphatic carbocycles. The summed E-state index contributed by atoms with van der Waals surface area (Å²) in [7, 11) is 2.80. The van der Waals surface area contributed by atoms with E-state index in [-0.39, 0.29) is 45.6 Å². The molecule has 8 nitrogen and oxygen atoms in total. The zero-order valence-electron chi connectivity index (χ0n) is 16.6. The number of Topliss-reactive ketones (excluding diaryl/α,β-unsaturated/α-hetero) is 2. The van der Waals surface area contributed by atoms with E-state index in [4.69, 9.17) is 9.47 Å². The molecule has 0 saturated carbocycles. The fraction of sp³-hybridized carbons (Fsp3) is 0.182. The van der Waals surface area contributed by atoms with E-state index < -0.39 is 38.6 Å². The number of fused-ring (bicyclic) bond motifs is 1. The van der Waals surface area contributed by atoms with E-state index in [1.165, 1.54) is 20.3 Å². The van der Waals surface area contributed by atoms with Gasteiger partial charge in [-0.25, -0.2) is 0 Å². The van der Waals surface area contributed by atoms with Gasteiger partial charge in [-0.15, -0.1) is 0 Å². The van der Waals surface area contributed by atoms with Crippen molar-refractivity contribution in [3.63, 3.8) is 0 Å². The molecule has 10 heteroatoms. The van der Waals surface area contributed by atoms with Crippen molar-refractivity contribution in [1.29, 1.82) is 0 Å². The topological polar surface area (TPSA) is 127 Å². The molecule has 0 fully saturated rings. The van der Waals surface area contributed by atoms with Gasteiger partial charge in [0.1, 0.15) is 23.0 Å². The van der Waals surface area contributed by atoms with Crippen LogP contribution in [-0.2, 0) is 19.1 Å². The second-order valence-electron chi connectivity index (χ2n) is 7.09. The van der Waals surface area contributed by atoms with Gasteiger partial charge in [-0.05, 0) is 28.7 Å². The van der Waals surface area contributed by atoms with Crippen LogP contribution in [0.5, 0.6) is 5.75 Å². The van der Waals surface area contributed by atoms with Crippen molar-refractivity contribution in [3.05, 3.63) is 61.1 Å². The van der Waals surface area contributed by atoms with E-state index in [9.17, 15) is 29.4 Å². The second kappa shape index (κ2) is 8.14. The third-order valence-electron chi connectivity index (χ3n) is 5.40. The first-order chi connectivity index (χ1) is 15.1. The molecule has 3 aliphatic rings. The maximum absolute atomic E-state index is 12.7. The fourth-order valence-electron chi connectivity index (χ4n) is 4.06. The molecule has 0 bridgehead atoms. The lowest BCUT2D eigenvalue weighted by molar-refractivity contribution is -0.131. The van der Waals surface area contributed by atoms with Crippen LogP contribution in [-0.4, -0.2) is 51.5 Å². The lowest BCUT2D eigenvalue weighted by atomic mass is 9.76. The van der Waals surface area contributed by atoms with Gasteiger partial charge in [0, 0.05) is 53.9 Å². The molecule has 0 saturated heterocycles. The van der Waals surface area contributed by atoms with Gasteiger partial charge in [-0.3, -0.25) is 19.2 Å². The number of aliphatic hydroxyl groups is 2. The van der Waals surface area contributed by atoms with Gasteiger partial charge in [-0.2, -0.15) is 0 Å². The van der Waals surface area contributed by atoms with Crippen molar-refractivity contribution in [2.24, 2.45) is 0 Å². The number of carbonyl (C=O) groups is 4. The zero-order chi connectivity index (χ0) is 23.5. The number of alkyl halides is 1. The molecule has 0 aliphatic heterocycles. The molecular weight excluding hydrogens is 646 g/mol. The molecule has 0 aromatic heterocycles. The highest BCUT2D eigenvalue weighted by molar-refractivity contribution is 14.1. The Labute approximate surface area is 208 Å². The summed E-state index contributed by atoms with van der Waals surface area (Å²) >= 11 is 3.86. The Hall–Kier alpha value is -2.48. The van der Waals surface area contributed by atoms with Crippen LogP contribution in [0.2, 0.25) is 0 Å². The van der Waals surface area contributed by atoms with Crippen LogP contribution < -0.4 is 4.74 Å². The quantitative estimate of drug-likeness (QED) is 0.219. The van der Waals surface area contributed by atoms with Crippen molar-refractivity contribution in [2.75, 3.05) is 14.2 Å². The summed E-state index contributed by atoms with van der Waals surface area (Å²) in [6.07, 6.45) is 1.86. The number of halogens is 2. The highest BCUT2D eigenvalue weighted by Gasteiger charge is 2.43. The van der Waals surface area contributed by atoms with Gasteiger partial charge in [-0.1, -0.05) is 22.6 Å². The van der Waals surface area contributed by atoms with Crippen LogP contribution in [0.4, 0.5) is 0 Å². The molecule has 0 spiro atoms. The van der Waals surface area contributed by atoms with Crippen LogP contribution >= 0.6 is 45.2 Å². The van der Waals surface area contributed by atoms with Gasteiger partial charge < -0.3 is 19.7 Å². The van der Waals surface area contributed by atoms with Crippen molar-refractivity contribution >= 4 is 79.6 Å². The average molecular weight is 660 g/mol. The molecule has 2 N–H and O–H groups in total. The van der Waals surface area contributed by atoms with Gasteiger partial charge in [0.2, 0.25) is 23.1 Å². The molecule has 0 heterocycles. The van der Waals surface area contributed by atoms with Crippen molar-refractivity contribution in [1.82, 2.24) is 0 Å². The maximum atomic E-state index is 12.7. The summed E-state index contributed by atoms with van der Waals surface area (Å²) in [5.41, 5.74) is 0.552. The lowest BCUT2D eigenvalue weighted by Crippen LogP contribution is -2.31. The number of hydrogen-bond acceptors (Lipinski definition) is 8. The Kier molecular flexibility index (Phi) is 5.77. The third-order valence-corrected chi connectivity index (χ3v) is 7.32. The summed E-state index contributed by atoms with van der Waals surface area (Å²) in [4.78, 5) is 49.6. The number of ether oxygens (including phenoxy) is 2. The number of allylic oxidation sites excluding steroid dienone is 5. The van der Waals surface area contributed by atoms with Crippen molar-refractivity contribution in [3.8, 4) is 5.75 Å². The maximum Gasteiger partial charge on any atom is 0.234 e. The largest absolute Gasteiger partial charge is 0.507 e. The molecule has 32 heavy (non-hydrogen) atoms. The predicted molar refractivity (Wildman–Crippen MR) is 130 cm³/mol. The molecule has 4 rings (SSSR count). The van der Waals surface area contributed by atoms with Crippen LogP contribution in [0.3, 0.4) is 0 Å². The number of carbonyl (C=O) groups excluding carboxylic acids is 4. The van der Waals surface area contributed by atoms with Gasteiger partial charge in [0.25, 0.3) is 0 Å². The summed E-state index contributed by atoms with van der Waals surface area (Å²) in [6.45, 7) is 0. The average Bonchev–Trinajstić information content (AvgIpc) is 2.74. The van der Waals surface area contributed by atoms with Crippen molar-refractivity contribution < 1.29 is 38.9 Å². The van der Waals surface area contributed by atoms with Crippen molar-refractivity contribution in [2.45, 2.75) is 10.3 Å². The predicted octanol–water partition coefficient (Wildman–Crippen LogP) is 3.42. The van der Waals surface area contributed by atoms with E-state index >= 15 is 0 Å². The number of ketones is 4. The number of benzene rings is 1. The normalized spacial score (nSPS) is 20.7. The molecule has 0 amide bonds. The van der Waals surface area contributed by atoms with E-state index in [0.29, 0.717) is 9.33 Å². The first-order valence-corrected chi connectivity index (χ1v) is 11.5. The Bertz CT molecular complexity index is 1280. The molecule has 1 atom stereocenters. The number of hydrogen-bond donors (Lipinski definition) is 2. The smallest absolute Gasteiger partial charge is 0.234 e. The SMILES string of the molecule is COC1=C(c2c(OC)cc(I)c3c2C(O)=CC(=O)C3=O)C2=C(C(=O)C(=O)C=C2O)[C@H](I)C1. The number of rotatable bonds is 3. The molecule has 0 radical (unpaired) electrons. The highest BCUT2D eigenvalue weighted by Crippen LogP contribution is 2.50. The molecular formula is C22H14I2O8. The van der Waals surface area contributed by atoms with Crippen LogP contribution in [0, 0.1) is 3.57 Å². The molecule has 0 unspecified atom stereocenters. The molecule has 164 valence electrons. The summed E-state index contributed by atoms with van der Waals surface area (Å²) in [5, 5.41) is 21.5. The summed E-state index contributed by atoms with van der Waals surface area (Å²) in [5.74, 6) is -3.61. The van der Waals surface area contributed by atoms with Crippen LogP contribution in [0.1, 0.15) is 27.9 Å². The van der Waals surface area contributed by atoms with Gasteiger partial charge in [0.15, 0.2) is 0 Å². The fourth-order valence-corrected chi connectivity index (χ4v) is 5.86. The first kappa shape index (κ1) is 22.7. The monoisotopic (exact) mass is 660 g/mol. The zero-order valence-corrected chi connectivity index (χ0v) is 20.9.